The molecule has 88 valence electrons. The molecule has 4 nitrogen and oxygen atoms in total. The maximum Gasteiger partial charge on any atom is 0.387 e. The Hall–Kier alpha value is -1.69. The lowest BCUT2D eigenvalue weighted by atomic mass is 10.1. The van der Waals surface area contributed by atoms with Gasteiger partial charge in [-0.05, 0) is 24.1 Å². The molecular formula is C10H11F2NO3. The third-order valence-electron chi connectivity index (χ3n) is 2.05. The van der Waals surface area contributed by atoms with Crippen LogP contribution in [0.1, 0.15) is 17.2 Å². The summed E-state index contributed by atoms with van der Waals surface area (Å²) in [5.41, 5.74) is 6.05. The van der Waals surface area contributed by atoms with E-state index >= 15 is 0 Å². The van der Waals surface area contributed by atoms with E-state index in [0.717, 1.165) is 0 Å². The number of hydrogen-bond acceptors (Lipinski definition) is 3. The van der Waals surface area contributed by atoms with Gasteiger partial charge in [0.1, 0.15) is 11.8 Å². The number of carboxylic acids is 1. The van der Waals surface area contributed by atoms with Gasteiger partial charge in [-0.1, -0.05) is 12.1 Å². The van der Waals surface area contributed by atoms with Crippen molar-refractivity contribution in [2.75, 3.05) is 0 Å². The summed E-state index contributed by atoms with van der Waals surface area (Å²) in [5, 5.41) is 8.66. The summed E-state index contributed by atoms with van der Waals surface area (Å²) in [7, 11) is 0. The fourth-order valence-corrected chi connectivity index (χ4v) is 1.18. The molecule has 0 bridgehead atoms. The van der Waals surface area contributed by atoms with E-state index in [1.54, 1.807) is 6.92 Å². The number of nitrogens with two attached hydrogens (primary N) is 1. The van der Waals surface area contributed by atoms with Gasteiger partial charge in [-0.2, -0.15) is 8.78 Å². The summed E-state index contributed by atoms with van der Waals surface area (Å²) < 4.78 is 28.3. The average molecular weight is 231 g/mol. The summed E-state index contributed by atoms with van der Waals surface area (Å²) in [6.45, 7) is -1.37. The van der Waals surface area contributed by atoms with E-state index in [1.165, 1.54) is 18.2 Å². The molecule has 6 heteroatoms. The summed E-state index contributed by atoms with van der Waals surface area (Å²) in [4.78, 5) is 10.6. The normalized spacial score (nSPS) is 12.6. The number of carboxylic acid groups (broad SMARTS) is 1. The molecule has 0 aromatic heterocycles. The fraction of sp³-hybridized carbons (Fsp3) is 0.300. The van der Waals surface area contributed by atoms with Crippen LogP contribution in [0.2, 0.25) is 0 Å². The summed E-state index contributed by atoms with van der Waals surface area (Å²) in [6.07, 6.45) is 0. The number of ether oxygens (including phenoxy) is 1. The first-order valence-corrected chi connectivity index (χ1v) is 4.45. The molecule has 0 aliphatic rings. The van der Waals surface area contributed by atoms with Gasteiger partial charge in [0.15, 0.2) is 0 Å². The van der Waals surface area contributed by atoms with Crippen molar-refractivity contribution in [3.05, 3.63) is 29.3 Å². The number of rotatable bonds is 4. The van der Waals surface area contributed by atoms with Gasteiger partial charge in [0, 0.05) is 0 Å². The third-order valence-corrected chi connectivity index (χ3v) is 2.05. The Bertz CT molecular complexity index is 396. The minimum absolute atomic E-state index is 0.0656. The largest absolute Gasteiger partial charge is 0.480 e. The smallest absolute Gasteiger partial charge is 0.387 e. The average Bonchev–Trinajstić information content (AvgIpc) is 2.19. The Morgan fingerprint density at radius 3 is 2.62 bits per heavy atom. The Morgan fingerprint density at radius 1 is 1.50 bits per heavy atom. The maximum atomic E-state index is 12.0. The van der Waals surface area contributed by atoms with Gasteiger partial charge in [0.2, 0.25) is 0 Å². The Labute approximate surface area is 90.6 Å². The Morgan fingerprint density at radius 2 is 2.12 bits per heavy atom. The Kier molecular flexibility index (Phi) is 3.78. The number of alkyl halides is 2. The second-order valence-corrected chi connectivity index (χ2v) is 3.22. The van der Waals surface area contributed by atoms with Gasteiger partial charge in [-0.25, -0.2) is 0 Å². The van der Waals surface area contributed by atoms with Crippen LogP contribution < -0.4 is 10.5 Å². The number of aryl methyl sites for hydroxylation is 1. The molecule has 0 heterocycles. The monoisotopic (exact) mass is 231 g/mol. The molecule has 16 heavy (non-hydrogen) atoms. The predicted octanol–water partition coefficient (Wildman–Crippen LogP) is 1.68. The number of hydrogen-bond donors (Lipinski definition) is 2. The zero-order chi connectivity index (χ0) is 12.3. The highest BCUT2D eigenvalue weighted by atomic mass is 19.3. The number of aliphatic carboxylic acids is 1. The van der Waals surface area contributed by atoms with Crippen LogP contribution in [-0.2, 0) is 4.79 Å². The van der Waals surface area contributed by atoms with Crippen molar-refractivity contribution in [2.45, 2.75) is 19.6 Å². The second-order valence-electron chi connectivity index (χ2n) is 3.22. The number of carbonyl (C=O) groups is 1. The van der Waals surface area contributed by atoms with Crippen molar-refractivity contribution in [2.24, 2.45) is 5.73 Å². The molecule has 0 spiro atoms. The minimum Gasteiger partial charge on any atom is -0.480 e. The quantitative estimate of drug-likeness (QED) is 0.826. The molecule has 0 saturated heterocycles. The number of halogens is 2. The van der Waals surface area contributed by atoms with Crippen LogP contribution in [0.15, 0.2) is 18.2 Å². The van der Waals surface area contributed by atoms with Crippen LogP contribution in [-0.4, -0.2) is 17.7 Å². The van der Waals surface area contributed by atoms with E-state index in [9.17, 15) is 13.6 Å². The molecule has 1 atom stereocenters. The zero-order valence-corrected chi connectivity index (χ0v) is 8.48. The van der Waals surface area contributed by atoms with E-state index in [0.29, 0.717) is 5.56 Å². The minimum atomic E-state index is -2.95. The van der Waals surface area contributed by atoms with Crippen molar-refractivity contribution in [3.63, 3.8) is 0 Å². The molecule has 0 fully saturated rings. The molecule has 1 aromatic rings. The lowest BCUT2D eigenvalue weighted by Gasteiger charge is -2.12. The summed E-state index contributed by atoms with van der Waals surface area (Å²) in [6, 6.07) is 2.91. The van der Waals surface area contributed by atoms with Crippen LogP contribution in [0.5, 0.6) is 5.75 Å². The van der Waals surface area contributed by atoms with Crippen molar-refractivity contribution in [1.29, 1.82) is 0 Å². The van der Waals surface area contributed by atoms with Gasteiger partial charge in [0.05, 0.1) is 0 Å². The van der Waals surface area contributed by atoms with Gasteiger partial charge >= 0.3 is 12.6 Å². The molecule has 0 saturated carbocycles. The molecule has 1 rings (SSSR count). The van der Waals surface area contributed by atoms with Gasteiger partial charge in [0.25, 0.3) is 0 Å². The number of benzene rings is 1. The van der Waals surface area contributed by atoms with Crippen molar-refractivity contribution >= 4 is 5.97 Å². The topological polar surface area (TPSA) is 72.6 Å². The molecule has 0 aliphatic carbocycles. The van der Waals surface area contributed by atoms with E-state index in [4.69, 9.17) is 10.8 Å². The standard InChI is InChI=1S/C10H11F2NO3/c1-5-2-3-6(8(13)9(14)15)4-7(5)16-10(11)12/h2-4,8,10H,13H2,1H3,(H,14,15). The third kappa shape index (κ3) is 2.90. The van der Waals surface area contributed by atoms with E-state index in [2.05, 4.69) is 4.74 Å². The predicted molar refractivity (Wildman–Crippen MR) is 52.4 cm³/mol. The first kappa shape index (κ1) is 12.4. The first-order valence-electron chi connectivity index (χ1n) is 4.45. The molecule has 3 N–H and O–H groups in total. The zero-order valence-electron chi connectivity index (χ0n) is 8.48. The highest BCUT2D eigenvalue weighted by molar-refractivity contribution is 5.75. The van der Waals surface area contributed by atoms with Crippen molar-refractivity contribution < 1.29 is 23.4 Å². The second kappa shape index (κ2) is 4.89. The van der Waals surface area contributed by atoms with Gasteiger partial charge < -0.3 is 15.6 Å². The van der Waals surface area contributed by atoms with Crippen molar-refractivity contribution in [1.82, 2.24) is 0 Å². The fourth-order valence-electron chi connectivity index (χ4n) is 1.18. The van der Waals surface area contributed by atoms with E-state index in [1.807, 2.05) is 0 Å². The van der Waals surface area contributed by atoms with Crippen LogP contribution >= 0.6 is 0 Å². The maximum absolute atomic E-state index is 12.0. The summed E-state index contributed by atoms with van der Waals surface area (Å²) >= 11 is 0. The van der Waals surface area contributed by atoms with Crippen LogP contribution in [0.4, 0.5) is 8.78 Å². The van der Waals surface area contributed by atoms with Crippen LogP contribution in [0, 0.1) is 6.92 Å². The van der Waals surface area contributed by atoms with Gasteiger partial charge in [-0.15, -0.1) is 0 Å². The molecule has 1 aromatic carbocycles. The Balaban J connectivity index is 3.02. The van der Waals surface area contributed by atoms with Crippen LogP contribution in [0.25, 0.3) is 0 Å². The highest BCUT2D eigenvalue weighted by Crippen LogP contribution is 2.24. The molecular weight excluding hydrogens is 220 g/mol. The van der Waals surface area contributed by atoms with E-state index < -0.39 is 18.6 Å². The molecule has 0 aliphatic heterocycles. The first-order chi connectivity index (χ1) is 7.41. The van der Waals surface area contributed by atoms with E-state index in [-0.39, 0.29) is 11.3 Å². The van der Waals surface area contributed by atoms with Gasteiger partial charge in [-0.3, -0.25) is 4.79 Å². The SMILES string of the molecule is Cc1ccc(C(N)C(=O)O)cc1OC(F)F. The molecule has 0 amide bonds. The molecule has 1 unspecified atom stereocenters. The highest BCUT2D eigenvalue weighted by Gasteiger charge is 2.16. The molecule has 0 radical (unpaired) electrons. The lowest BCUT2D eigenvalue weighted by molar-refractivity contribution is -0.138. The summed E-state index contributed by atoms with van der Waals surface area (Å²) in [5.74, 6) is -1.30. The van der Waals surface area contributed by atoms with Crippen LogP contribution in [0.3, 0.4) is 0 Å². The van der Waals surface area contributed by atoms with Crippen molar-refractivity contribution in [3.8, 4) is 5.75 Å². The lowest BCUT2D eigenvalue weighted by Crippen LogP contribution is -2.20.